The van der Waals surface area contributed by atoms with Gasteiger partial charge in [0.05, 0.1) is 18.5 Å². The van der Waals surface area contributed by atoms with E-state index in [4.69, 9.17) is 0 Å². The van der Waals surface area contributed by atoms with Crippen LogP contribution in [0.4, 0.5) is 4.79 Å². The van der Waals surface area contributed by atoms with Crippen molar-refractivity contribution >= 4 is 6.03 Å². The number of nitrogens with one attached hydrogen (secondary N) is 2. The van der Waals surface area contributed by atoms with Gasteiger partial charge < -0.3 is 20.3 Å². The zero-order chi connectivity index (χ0) is 15.4. The summed E-state index contributed by atoms with van der Waals surface area (Å²) in [4.78, 5) is 15.9. The van der Waals surface area contributed by atoms with Crippen LogP contribution in [0.3, 0.4) is 0 Å². The summed E-state index contributed by atoms with van der Waals surface area (Å²) in [6, 6.07) is 7.24. The lowest BCUT2D eigenvalue weighted by atomic mass is 10.1. The van der Waals surface area contributed by atoms with Crippen molar-refractivity contribution in [3.8, 4) is 0 Å². The maximum Gasteiger partial charge on any atom is 0.315 e. The number of imidazole rings is 1. The normalized spacial score (nSPS) is 19.7. The SMILES string of the molecule is O=C(NCCCn1ccnc1)N[C@H]1c2ccccc2C[C@H]1O. The van der Waals surface area contributed by atoms with Gasteiger partial charge >= 0.3 is 6.03 Å². The number of hydrogen-bond acceptors (Lipinski definition) is 3. The second kappa shape index (κ2) is 6.62. The molecule has 0 spiro atoms. The van der Waals surface area contributed by atoms with Crippen LogP contribution in [0.2, 0.25) is 0 Å². The summed E-state index contributed by atoms with van der Waals surface area (Å²) in [5.74, 6) is 0. The predicted octanol–water partition coefficient (Wildman–Crippen LogP) is 1.23. The molecule has 3 N–H and O–H groups in total. The number of carbonyl (C=O) groups excluding carboxylic acids is 1. The lowest BCUT2D eigenvalue weighted by molar-refractivity contribution is 0.142. The van der Waals surface area contributed by atoms with E-state index in [9.17, 15) is 9.90 Å². The maximum atomic E-state index is 12.0. The Kier molecular flexibility index (Phi) is 4.39. The molecule has 0 saturated heterocycles. The number of aryl methyl sites for hydroxylation is 1. The Labute approximate surface area is 129 Å². The Morgan fingerprint density at radius 1 is 1.41 bits per heavy atom. The molecule has 3 rings (SSSR count). The van der Waals surface area contributed by atoms with Crippen LogP contribution in [0.1, 0.15) is 23.6 Å². The Bertz CT molecular complexity index is 627. The average Bonchev–Trinajstić information content (AvgIpc) is 3.13. The van der Waals surface area contributed by atoms with E-state index in [1.54, 1.807) is 12.5 Å². The molecule has 0 unspecified atom stereocenters. The molecule has 2 amide bonds. The minimum Gasteiger partial charge on any atom is -0.390 e. The molecule has 0 saturated carbocycles. The molecule has 2 atom stereocenters. The molecule has 6 heteroatoms. The molecule has 6 nitrogen and oxygen atoms in total. The van der Waals surface area contributed by atoms with Crippen molar-refractivity contribution in [1.29, 1.82) is 0 Å². The van der Waals surface area contributed by atoms with Gasteiger partial charge in [0.2, 0.25) is 0 Å². The molecule has 1 heterocycles. The van der Waals surface area contributed by atoms with Crippen LogP contribution in [0.15, 0.2) is 43.0 Å². The molecule has 1 aliphatic carbocycles. The van der Waals surface area contributed by atoms with Crippen molar-refractivity contribution in [2.45, 2.75) is 31.5 Å². The summed E-state index contributed by atoms with van der Waals surface area (Å²) in [5.41, 5.74) is 2.10. The van der Waals surface area contributed by atoms with Crippen molar-refractivity contribution in [3.63, 3.8) is 0 Å². The van der Waals surface area contributed by atoms with Crippen molar-refractivity contribution in [2.75, 3.05) is 6.54 Å². The molecule has 2 aromatic rings. The molecular weight excluding hydrogens is 280 g/mol. The summed E-state index contributed by atoms with van der Waals surface area (Å²) in [7, 11) is 0. The van der Waals surface area contributed by atoms with E-state index in [2.05, 4.69) is 15.6 Å². The average molecular weight is 300 g/mol. The largest absolute Gasteiger partial charge is 0.390 e. The van der Waals surface area contributed by atoms with E-state index in [0.717, 1.165) is 24.1 Å². The summed E-state index contributed by atoms with van der Waals surface area (Å²) < 4.78 is 1.97. The van der Waals surface area contributed by atoms with Crippen molar-refractivity contribution in [2.24, 2.45) is 0 Å². The molecule has 0 aliphatic heterocycles. The number of amides is 2. The number of hydrogen-bond donors (Lipinski definition) is 3. The molecule has 22 heavy (non-hydrogen) atoms. The van der Waals surface area contributed by atoms with Gasteiger partial charge in [-0.05, 0) is 17.5 Å². The highest BCUT2D eigenvalue weighted by atomic mass is 16.3. The van der Waals surface area contributed by atoms with Crippen LogP contribution in [-0.2, 0) is 13.0 Å². The number of aliphatic hydroxyl groups is 1. The molecule has 0 fully saturated rings. The van der Waals surface area contributed by atoms with E-state index in [1.807, 2.05) is 35.0 Å². The fraction of sp³-hybridized carbons (Fsp3) is 0.375. The van der Waals surface area contributed by atoms with Gasteiger partial charge in [0.15, 0.2) is 0 Å². The first-order valence-corrected chi connectivity index (χ1v) is 7.50. The molecule has 1 aromatic carbocycles. The Hall–Kier alpha value is -2.34. The van der Waals surface area contributed by atoms with Crippen LogP contribution in [0.5, 0.6) is 0 Å². The van der Waals surface area contributed by atoms with Crippen LogP contribution < -0.4 is 10.6 Å². The number of urea groups is 1. The number of fused-ring (bicyclic) bond motifs is 1. The van der Waals surface area contributed by atoms with Gasteiger partial charge in [-0.25, -0.2) is 9.78 Å². The van der Waals surface area contributed by atoms with Gasteiger partial charge in [-0.1, -0.05) is 24.3 Å². The fourth-order valence-electron chi connectivity index (χ4n) is 2.82. The van der Waals surface area contributed by atoms with Crippen molar-refractivity contribution < 1.29 is 9.90 Å². The molecular formula is C16H20N4O2. The number of carbonyl (C=O) groups is 1. The van der Waals surface area contributed by atoms with Crippen LogP contribution in [0, 0.1) is 0 Å². The van der Waals surface area contributed by atoms with Crippen LogP contribution in [0.25, 0.3) is 0 Å². The fourth-order valence-corrected chi connectivity index (χ4v) is 2.82. The van der Waals surface area contributed by atoms with Crippen molar-refractivity contribution in [3.05, 3.63) is 54.1 Å². The van der Waals surface area contributed by atoms with Gasteiger partial charge in [-0.15, -0.1) is 0 Å². The Balaban J connectivity index is 1.46. The van der Waals surface area contributed by atoms with Crippen molar-refractivity contribution in [1.82, 2.24) is 20.2 Å². The third-order valence-corrected chi connectivity index (χ3v) is 3.93. The van der Waals surface area contributed by atoms with Crippen LogP contribution >= 0.6 is 0 Å². The first-order chi connectivity index (χ1) is 10.7. The van der Waals surface area contributed by atoms with E-state index in [0.29, 0.717) is 13.0 Å². The van der Waals surface area contributed by atoms with Gasteiger partial charge in [-0.3, -0.25) is 0 Å². The van der Waals surface area contributed by atoms with E-state index >= 15 is 0 Å². The zero-order valence-corrected chi connectivity index (χ0v) is 12.3. The predicted molar refractivity (Wildman–Crippen MR) is 82.3 cm³/mol. The summed E-state index contributed by atoms with van der Waals surface area (Å²) in [6.07, 6.45) is 6.24. The minimum atomic E-state index is -0.561. The molecule has 0 radical (unpaired) electrons. The molecule has 1 aliphatic rings. The van der Waals surface area contributed by atoms with E-state index < -0.39 is 6.10 Å². The number of benzene rings is 1. The highest BCUT2D eigenvalue weighted by Crippen LogP contribution is 2.30. The number of aromatic nitrogens is 2. The standard InChI is InChI=1S/C16H20N4O2/c21-14-10-12-4-1-2-5-13(12)15(14)19-16(22)18-6-3-8-20-9-7-17-11-20/h1-2,4-5,7,9,11,14-15,21H,3,6,8,10H2,(H2,18,19,22)/t14-,15+/m1/s1. The smallest absolute Gasteiger partial charge is 0.315 e. The summed E-state index contributed by atoms with van der Waals surface area (Å²) in [5, 5.41) is 15.8. The van der Waals surface area contributed by atoms with E-state index in [-0.39, 0.29) is 12.1 Å². The quantitative estimate of drug-likeness (QED) is 0.727. The molecule has 1 aromatic heterocycles. The second-order valence-electron chi connectivity index (χ2n) is 5.50. The monoisotopic (exact) mass is 300 g/mol. The minimum absolute atomic E-state index is 0.244. The topological polar surface area (TPSA) is 79.2 Å². The van der Waals surface area contributed by atoms with Gasteiger partial charge in [0, 0.05) is 31.9 Å². The number of aliphatic hydroxyl groups excluding tert-OH is 1. The first-order valence-electron chi connectivity index (χ1n) is 7.50. The third kappa shape index (κ3) is 3.28. The lowest BCUT2D eigenvalue weighted by Gasteiger charge is -2.18. The zero-order valence-electron chi connectivity index (χ0n) is 12.3. The maximum absolute atomic E-state index is 12.0. The number of rotatable bonds is 5. The van der Waals surface area contributed by atoms with E-state index in [1.165, 1.54) is 0 Å². The highest BCUT2D eigenvalue weighted by molar-refractivity contribution is 5.74. The third-order valence-electron chi connectivity index (χ3n) is 3.93. The Morgan fingerprint density at radius 3 is 3.09 bits per heavy atom. The molecule has 0 bridgehead atoms. The summed E-state index contributed by atoms with van der Waals surface area (Å²) >= 11 is 0. The Morgan fingerprint density at radius 2 is 2.27 bits per heavy atom. The van der Waals surface area contributed by atoms with Gasteiger partial charge in [0.25, 0.3) is 0 Å². The van der Waals surface area contributed by atoms with Gasteiger partial charge in [-0.2, -0.15) is 0 Å². The van der Waals surface area contributed by atoms with Crippen LogP contribution in [-0.4, -0.2) is 33.3 Å². The lowest BCUT2D eigenvalue weighted by Crippen LogP contribution is -2.41. The summed E-state index contributed by atoms with van der Waals surface area (Å²) in [6.45, 7) is 1.39. The molecule has 116 valence electrons. The second-order valence-corrected chi connectivity index (χ2v) is 5.50. The first kappa shape index (κ1) is 14.6. The number of nitrogens with zero attached hydrogens (tertiary/aromatic N) is 2. The van der Waals surface area contributed by atoms with Gasteiger partial charge in [0.1, 0.15) is 0 Å². The highest BCUT2D eigenvalue weighted by Gasteiger charge is 2.31.